The minimum atomic E-state index is -0.199. The normalized spacial score (nSPS) is 14.2. The van der Waals surface area contributed by atoms with Crippen LogP contribution in [0.15, 0.2) is 42.5 Å². The average molecular weight is 285 g/mol. The molecule has 0 unspecified atom stereocenters. The Morgan fingerprint density at radius 1 is 1.14 bits per heavy atom. The Labute approximate surface area is 125 Å². The summed E-state index contributed by atoms with van der Waals surface area (Å²) in [7, 11) is 0. The number of ether oxygens (including phenoxy) is 1. The topological polar surface area (TPSA) is 21.3 Å². The molecule has 0 radical (unpaired) electrons. The lowest BCUT2D eigenvalue weighted by molar-refractivity contribution is 0.305. The van der Waals surface area contributed by atoms with Gasteiger partial charge in [0.2, 0.25) is 0 Å². The second-order valence-electron chi connectivity index (χ2n) is 5.67. The van der Waals surface area contributed by atoms with Crippen LogP contribution in [0.3, 0.4) is 0 Å². The maximum atomic E-state index is 13.2. The van der Waals surface area contributed by atoms with Crippen LogP contribution in [0.2, 0.25) is 0 Å². The van der Waals surface area contributed by atoms with Gasteiger partial charge in [0, 0.05) is 12.6 Å². The Morgan fingerprint density at radius 2 is 1.95 bits per heavy atom. The van der Waals surface area contributed by atoms with Crippen LogP contribution in [0.5, 0.6) is 5.75 Å². The average Bonchev–Trinajstić information content (AvgIpc) is 3.31. The molecule has 2 aromatic carbocycles. The Morgan fingerprint density at radius 3 is 2.71 bits per heavy atom. The van der Waals surface area contributed by atoms with Gasteiger partial charge in [-0.2, -0.15) is 0 Å². The first kappa shape index (κ1) is 14.1. The first-order valence-electron chi connectivity index (χ1n) is 7.41. The lowest BCUT2D eigenvalue weighted by Crippen LogP contribution is -2.15. The summed E-state index contributed by atoms with van der Waals surface area (Å²) in [5.74, 6) is 0.505. The molecule has 0 saturated heterocycles. The van der Waals surface area contributed by atoms with E-state index in [0.717, 1.165) is 12.1 Å². The van der Waals surface area contributed by atoms with E-state index in [2.05, 4.69) is 29.6 Å². The molecule has 1 aliphatic rings. The van der Waals surface area contributed by atoms with Crippen LogP contribution in [0.25, 0.3) is 0 Å². The highest BCUT2D eigenvalue weighted by Gasteiger charge is 2.19. The number of hydrogen-bond donors (Lipinski definition) is 1. The monoisotopic (exact) mass is 285 g/mol. The molecule has 3 rings (SSSR count). The van der Waals surface area contributed by atoms with E-state index in [-0.39, 0.29) is 5.82 Å². The summed E-state index contributed by atoms with van der Waals surface area (Å²) in [5, 5.41) is 3.51. The minimum absolute atomic E-state index is 0.199. The molecule has 110 valence electrons. The van der Waals surface area contributed by atoms with Crippen molar-refractivity contribution in [2.75, 3.05) is 0 Å². The van der Waals surface area contributed by atoms with E-state index >= 15 is 0 Å². The zero-order valence-corrected chi connectivity index (χ0v) is 12.2. The molecule has 0 bridgehead atoms. The highest BCUT2D eigenvalue weighted by Crippen LogP contribution is 2.20. The summed E-state index contributed by atoms with van der Waals surface area (Å²) in [6.45, 7) is 3.16. The van der Waals surface area contributed by atoms with E-state index in [9.17, 15) is 4.39 Å². The molecule has 1 N–H and O–H groups in total. The second kappa shape index (κ2) is 6.27. The van der Waals surface area contributed by atoms with Gasteiger partial charge in [-0.3, -0.25) is 0 Å². The van der Waals surface area contributed by atoms with Crippen LogP contribution in [0.1, 0.15) is 29.5 Å². The van der Waals surface area contributed by atoms with Crippen LogP contribution >= 0.6 is 0 Å². The molecule has 2 aromatic rings. The van der Waals surface area contributed by atoms with E-state index in [1.807, 2.05) is 0 Å². The van der Waals surface area contributed by atoms with Gasteiger partial charge in [-0.05, 0) is 54.7 Å². The zero-order chi connectivity index (χ0) is 14.7. The first-order chi connectivity index (χ1) is 10.2. The predicted molar refractivity (Wildman–Crippen MR) is 81.8 cm³/mol. The fourth-order valence-corrected chi connectivity index (χ4v) is 2.25. The van der Waals surface area contributed by atoms with E-state index in [1.165, 1.54) is 24.5 Å². The standard InChI is InChI=1S/C18H20FNO/c1-13-9-17(7-8-18(13)19)21-12-15-4-2-3-14(10-15)11-20-16-5-6-16/h2-4,7-10,16,20H,5-6,11-12H2,1H3. The van der Waals surface area contributed by atoms with Gasteiger partial charge in [0.25, 0.3) is 0 Å². The van der Waals surface area contributed by atoms with Crippen molar-refractivity contribution in [2.45, 2.75) is 39.0 Å². The fraction of sp³-hybridized carbons (Fsp3) is 0.333. The van der Waals surface area contributed by atoms with Gasteiger partial charge in [-0.25, -0.2) is 4.39 Å². The lowest BCUT2D eigenvalue weighted by Gasteiger charge is -2.09. The second-order valence-corrected chi connectivity index (χ2v) is 5.67. The Kier molecular flexibility index (Phi) is 4.20. The molecule has 0 heterocycles. The van der Waals surface area contributed by atoms with Gasteiger partial charge in [-0.1, -0.05) is 24.3 Å². The number of hydrogen-bond acceptors (Lipinski definition) is 2. The Balaban J connectivity index is 1.58. The number of nitrogens with one attached hydrogen (secondary N) is 1. The van der Waals surface area contributed by atoms with Gasteiger partial charge in [0.05, 0.1) is 0 Å². The van der Waals surface area contributed by atoms with Crippen LogP contribution < -0.4 is 10.1 Å². The van der Waals surface area contributed by atoms with Crippen molar-refractivity contribution >= 4 is 0 Å². The van der Waals surface area contributed by atoms with Crippen LogP contribution in [0.4, 0.5) is 4.39 Å². The van der Waals surface area contributed by atoms with E-state index in [0.29, 0.717) is 24.0 Å². The SMILES string of the molecule is Cc1cc(OCc2cccc(CNC3CC3)c2)ccc1F. The Hall–Kier alpha value is -1.87. The van der Waals surface area contributed by atoms with E-state index in [1.54, 1.807) is 19.1 Å². The molecular formula is C18H20FNO. The third-order valence-electron chi connectivity index (χ3n) is 3.70. The highest BCUT2D eigenvalue weighted by atomic mass is 19.1. The van der Waals surface area contributed by atoms with Gasteiger partial charge >= 0.3 is 0 Å². The van der Waals surface area contributed by atoms with Crippen molar-refractivity contribution in [3.63, 3.8) is 0 Å². The maximum Gasteiger partial charge on any atom is 0.126 e. The van der Waals surface area contributed by atoms with Crippen LogP contribution in [0, 0.1) is 12.7 Å². The molecule has 0 amide bonds. The molecule has 0 aliphatic heterocycles. The van der Waals surface area contributed by atoms with Crippen molar-refractivity contribution in [1.29, 1.82) is 0 Å². The summed E-state index contributed by atoms with van der Waals surface area (Å²) in [5.41, 5.74) is 3.01. The molecule has 1 aliphatic carbocycles. The molecule has 1 fully saturated rings. The summed E-state index contributed by atoms with van der Waals surface area (Å²) in [4.78, 5) is 0. The molecule has 1 saturated carbocycles. The molecule has 21 heavy (non-hydrogen) atoms. The zero-order valence-electron chi connectivity index (χ0n) is 12.2. The van der Waals surface area contributed by atoms with Gasteiger partial charge in [0.15, 0.2) is 0 Å². The lowest BCUT2D eigenvalue weighted by atomic mass is 10.1. The van der Waals surface area contributed by atoms with Gasteiger partial charge < -0.3 is 10.1 Å². The van der Waals surface area contributed by atoms with Crippen LogP contribution in [-0.4, -0.2) is 6.04 Å². The number of aryl methyl sites for hydroxylation is 1. The first-order valence-corrected chi connectivity index (χ1v) is 7.41. The minimum Gasteiger partial charge on any atom is -0.489 e. The molecule has 0 spiro atoms. The quantitative estimate of drug-likeness (QED) is 0.867. The third kappa shape index (κ3) is 4.05. The van der Waals surface area contributed by atoms with Crippen molar-refractivity contribution in [3.8, 4) is 5.75 Å². The fourth-order valence-electron chi connectivity index (χ4n) is 2.25. The molecule has 0 aromatic heterocycles. The van der Waals surface area contributed by atoms with Gasteiger partial charge in [-0.15, -0.1) is 0 Å². The summed E-state index contributed by atoms with van der Waals surface area (Å²) in [6, 6.07) is 13.9. The maximum absolute atomic E-state index is 13.2. The molecule has 0 atom stereocenters. The van der Waals surface area contributed by atoms with Gasteiger partial charge in [0.1, 0.15) is 18.2 Å². The molecule has 3 heteroatoms. The number of rotatable bonds is 6. The Bertz CT molecular complexity index is 622. The van der Waals surface area contributed by atoms with Crippen molar-refractivity contribution in [1.82, 2.24) is 5.32 Å². The van der Waals surface area contributed by atoms with Crippen molar-refractivity contribution in [3.05, 3.63) is 65.0 Å². The summed E-state index contributed by atoms with van der Waals surface area (Å²) < 4.78 is 18.9. The van der Waals surface area contributed by atoms with E-state index < -0.39 is 0 Å². The van der Waals surface area contributed by atoms with E-state index in [4.69, 9.17) is 4.74 Å². The highest BCUT2D eigenvalue weighted by molar-refractivity contribution is 5.29. The third-order valence-corrected chi connectivity index (χ3v) is 3.70. The summed E-state index contributed by atoms with van der Waals surface area (Å²) in [6.07, 6.45) is 2.60. The molecule has 2 nitrogen and oxygen atoms in total. The predicted octanol–water partition coefficient (Wildman–Crippen LogP) is 3.97. The van der Waals surface area contributed by atoms with Crippen molar-refractivity contribution < 1.29 is 9.13 Å². The molecular weight excluding hydrogens is 265 g/mol. The smallest absolute Gasteiger partial charge is 0.126 e. The number of halogens is 1. The summed E-state index contributed by atoms with van der Waals surface area (Å²) >= 11 is 0. The largest absolute Gasteiger partial charge is 0.489 e. The van der Waals surface area contributed by atoms with Crippen LogP contribution in [-0.2, 0) is 13.2 Å². The van der Waals surface area contributed by atoms with Crippen molar-refractivity contribution in [2.24, 2.45) is 0 Å². The number of benzene rings is 2.